The number of carbonyl (C=O) groups is 4. The Morgan fingerprint density at radius 3 is 2.06 bits per heavy atom. The maximum atomic E-state index is 12.2. The summed E-state index contributed by atoms with van der Waals surface area (Å²) >= 11 is 0. The number of ketones is 1. The summed E-state index contributed by atoms with van der Waals surface area (Å²) in [7, 11) is 0. The maximum absolute atomic E-state index is 12.2. The van der Waals surface area contributed by atoms with Gasteiger partial charge in [0.1, 0.15) is 11.5 Å². The minimum absolute atomic E-state index is 0.00382. The van der Waals surface area contributed by atoms with E-state index in [1.165, 1.54) is 6.92 Å². The van der Waals surface area contributed by atoms with Crippen LogP contribution < -0.4 is 15.4 Å². The summed E-state index contributed by atoms with van der Waals surface area (Å²) in [5, 5.41) is 5.34. The minimum Gasteiger partial charge on any atom is -0.457 e. The van der Waals surface area contributed by atoms with Crippen molar-refractivity contribution in [1.29, 1.82) is 0 Å². The molecule has 36 heavy (non-hydrogen) atoms. The number of amides is 2. The Labute approximate surface area is 209 Å². The molecular formula is C28H28N2O6. The molecule has 0 bridgehead atoms. The fourth-order valence-corrected chi connectivity index (χ4v) is 3.20. The van der Waals surface area contributed by atoms with E-state index in [4.69, 9.17) is 9.47 Å². The Bertz CT molecular complexity index is 1220. The van der Waals surface area contributed by atoms with Crippen molar-refractivity contribution in [2.75, 3.05) is 17.2 Å². The third kappa shape index (κ3) is 8.72. The van der Waals surface area contributed by atoms with E-state index in [2.05, 4.69) is 10.6 Å². The predicted octanol–water partition coefficient (Wildman–Crippen LogP) is 5.28. The topological polar surface area (TPSA) is 111 Å². The van der Waals surface area contributed by atoms with Gasteiger partial charge in [0.2, 0.25) is 5.91 Å². The molecule has 0 spiro atoms. The molecule has 186 valence electrons. The molecule has 0 radical (unpaired) electrons. The van der Waals surface area contributed by atoms with E-state index in [9.17, 15) is 19.2 Å². The molecular weight excluding hydrogens is 460 g/mol. The van der Waals surface area contributed by atoms with E-state index in [0.717, 1.165) is 11.3 Å². The molecule has 0 aromatic heterocycles. The second-order valence-electron chi connectivity index (χ2n) is 8.19. The van der Waals surface area contributed by atoms with Crippen LogP contribution in [0.2, 0.25) is 0 Å². The second kappa shape index (κ2) is 12.9. The molecule has 0 saturated carbocycles. The SMILES string of the molecule is CC(=O)c1cccc(NC(=O)COC(=O)CCCC(=O)Nc2ccc(Oc3ccc(C)cc3)cc2)c1. The molecule has 0 aliphatic heterocycles. The van der Waals surface area contributed by atoms with Crippen LogP contribution in [0.15, 0.2) is 72.8 Å². The van der Waals surface area contributed by atoms with Gasteiger partial charge in [-0.15, -0.1) is 0 Å². The summed E-state index contributed by atoms with van der Waals surface area (Å²) in [5.41, 5.74) is 2.67. The zero-order chi connectivity index (χ0) is 25.9. The molecule has 0 unspecified atom stereocenters. The van der Waals surface area contributed by atoms with E-state index < -0.39 is 18.5 Å². The van der Waals surface area contributed by atoms with Gasteiger partial charge in [-0.1, -0.05) is 29.8 Å². The first-order chi connectivity index (χ1) is 17.3. The molecule has 2 N–H and O–H groups in total. The molecule has 0 heterocycles. The summed E-state index contributed by atoms with van der Waals surface area (Å²) in [5.74, 6) is -0.0763. The highest BCUT2D eigenvalue weighted by Gasteiger charge is 2.11. The predicted molar refractivity (Wildman–Crippen MR) is 136 cm³/mol. The van der Waals surface area contributed by atoms with Crippen LogP contribution in [0.1, 0.15) is 42.1 Å². The minimum atomic E-state index is -0.576. The van der Waals surface area contributed by atoms with Gasteiger partial charge in [-0.3, -0.25) is 19.2 Å². The van der Waals surface area contributed by atoms with E-state index >= 15 is 0 Å². The van der Waals surface area contributed by atoms with Gasteiger partial charge in [-0.2, -0.15) is 0 Å². The van der Waals surface area contributed by atoms with Crippen molar-refractivity contribution in [2.45, 2.75) is 33.1 Å². The second-order valence-corrected chi connectivity index (χ2v) is 8.19. The quantitative estimate of drug-likeness (QED) is 0.281. The number of benzene rings is 3. The van der Waals surface area contributed by atoms with Gasteiger partial charge in [0.15, 0.2) is 12.4 Å². The fraction of sp³-hybridized carbons (Fsp3) is 0.214. The van der Waals surface area contributed by atoms with Gasteiger partial charge in [0, 0.05) is 29.8 Å². The van der Waals surface area contributed by atoms with Crippen LogP contribution in [0.3, 0.4) is 0 Å². The number of anilines is 2. The highest BCUT2D eigenvalue weighted by Crippen LogP contribution is 2.23. The molecule has 0 aliphatic rings. The van der Waals surface area contributed by atoms with Crippen LogP contribution >= 0.6 is 0 Å². The van der Waals surface area contributed by atoms with Gasteiger partial charge in [-0.25, -0.2) is 0 Å². The first-order valence-corrected chi connectivity index (χ1v) is 11.5. The summed E-state index contributed by atoms with van der Waals surface area (Å²) in [6.45, 7) is 2.98. The number of Topliss-reactive ketones (excluding diaryl/α,β-unsaturated/α-hetero) is 1. The van der Waals surface area contributed by atoms with E-state index in [-0.39, 0.29) is 31.0 Å². The molecule has 3 rings (SSSR count). The molecule has 0 atom stereocenters. The Hall–Kier alpha value is -4.46. The Morgan fingerprint density at radius 1 is 0.750 bits per heavy atom. The monoisotopic (exact) mass is 488 g/mol. The lowest BCUT2D eigenvalue weighted by Gasteiger charge is -2.09. The number of hydrogen-bond donors (Lipinski definition) is 2. The van der Waals surface area contributed by atoms with E-state index in [1.54, 1.807) is 48.5 Å². The summed E-state index contributed by atoms with van der Waals surface area (Å²) < 4.78 is 10.7. The Morgan fingerprint density at radius 2 is 1.39 bits per heavy atom. The molecule has 8 heteroatoms. The van der Waals surface area contributed by atoms with Crippen molar-refractivity contribution in [3.8, 4) is 11.5 Å². The maximum Gasteiger partial charge on any atom is 0.306 e. The smallest absolute Gasteiger partial charge is 0.306 e. The zero-order valence-electron chi connectivity index (χ0n) is 20.2. The van der Waals surface area contributed by atoms with Gasteiger partial charge in [0.05, 0.1) is 0 Å². The average molecular weight is 489 g/mol. The highest BCUT2D eigenvalue weighted by molar-refractivity contribution is 5.97. The standard InChI is InChI=1S/C28H28N2O6/c1-19-9-13-24(14-10-19)36-25-15-11-22(12-16-25)29-26(32)7-4-8-28(34)35-18-27(33)30-23-6-3-5-21(17-23)20(2)31/h3,5-6,9-17H,4,7-8,18H2,1-2H3,(H,29,32)(H,30,33). The van der Waals surface area contributed by atoms with Crippen LogP contribution in [0.5, 0.6) is 11.5 Å². The van der Waals surface area contributed by atoms with Crippen LogP contribution in [0.25, 0.3) is 0 Å². The number of ether oxygens (including phenoxy) is 2. The molecule has 3 aromatic carbocycles. The lowest BCUT2D eigenvalue weighted by atomic mass is 10.1. The van der Waals surface area contributed by atoms with Gasteiger partial charge >= 0.3 is 5.97 Å². The van der Waals surface area contributed by atoms with Crippen molar-refractivity contribution in [1.82, 2.24) is 0 Å². The largest absolute Gasteiger partial charge is 0.457 e. The Kier molecular flexibility index (Phi) is 9.33. The van der Waals surface area contributed by atoms with Gasteiger partial charge in [-0.05, 0) is 68.8 Å². The normalized spacial score (nSPS) is 10.3. The molecule has 2 amide bonds. The number of esters is 1. The van der Waals surface area contributed by atoms with Crippen LogP contribution in [0, 0.1) is 6.92 Å². The third-order valence-electron chi connectivity index (χ3n) is 5.10. The third-order valence-corrected chi connectivity index (χ3v) is 5.10. The number of nitrogens with one attached hydrogen (secondary N) is 2. The summed E-state index contributed by atoms with van der Waals surface area (Å²) in [6, 6.07) is 21.2. The average Bonchev–Trinajstić information content (AvgIpc) is 2.85. The van der Waals surface area contributed by atoms with Crippen LogP contribution in [0.4, 0.5) is 11.4 Å². The fourth-order valence-electron chi connectivity index (χ4n) is 3.20. The number of rotatable bonds is 11. The van der Waals surface area contributed by atoms with Crippen LogP contribution in [-0.2, 0) is 19.1 Å². The van der Waals surface area contributed by atoms with Gasteiger partial charge in [0.25, 0.3) is 5.91 Å². The summed E-state index contributed by atoms with van der Waals surface area (Å²) in [4.78, 5) is 47.5. The lowest BCUT2D eigenvalue weighted by molar-refractivity contribution is -0.147. The van der Waals surface area contributed by atoms with Crippen molar-refractivity contribution < 1.29 is 28.7 Å². The highest BCUT2D eigenvalue weighted by atomic mass is 16.5. The zero-order valence-corrected chi connectivity index (χ0v) is 20.2. The first kappa shape index (κ1) is 26.2. The lowest BCUT2D eigenvalue weighted by Crippen LogP contribution is -2.21. The summed E-state index contributed by atoms with van der Waals surface area (Å²) in [6.07, 6.45) is 0.409. The number of carbonyl (C=O) groups excluding carboxylic acids is 4. The first-order valence-electron chi connectivity index (χ1n) is 11.5. The number of hydrogen-bond acceptors (Lipinski definition) is 6. The molecule has 0 saturated heterocycles. The molecule has 0 fully saturated rings. The van der Waals surface area contributed by atoms with E-state index in [1.807, 2.05) is 31.2 Å². The van der Waals surface area contributed by atoms with Gasteiger partial charge < -0.3 is 20.1 Å². The molecule has 3 aromatic rings. The van der Waals surface area contributed by atoms with Crippen LogP contribution in [-0.4, -0.2) is 30.2 Å². The van der Waals surface area contributed by atoms with Crippen molar-refractivity contribution >= 4 is 34.9 Å². The van der Waals surface area contributed by atoms with Crippen molar-refractivity contribution in [3.63, 3.8) is 0 Å². The number of aryl methyl sites for hydroxylation is 1. The molecule has 0 aliphatic carbocycles. The Balaban J connectivity index is 1.33. The molecule has 8 nitrogen and oxygen atoms in total. The van der Waals surface area contributed by atoms with Crippen molar-refractivity contribution in [3.05, 3.63) is 83.9 Å². The van der Waals surface area contributed by atoms with E-state index in [0.29, 0.717) is 22.7 Å². The van der Waals surface area contributed by atoms with Crippen molar-refractivity contribution in [2.24, 2.45) is 0 Å².